The van der Waals surface area contributed by atoms with E-state index in [1.54, 1.807) is 6.92 Å². The van der Waals surface area contributed by atoms with Crippen molar-refractivity contribution in [1.82, 2.24) is 13.5 Å². The lowest BCUT2D eigenvalue weighted by atomic mass is 9.99. The molecule has 0 aromatic carbocycles. The van der Waals surface area contributed by atoms with Gasteiger partial charge in [-0.2, -0.15) is 17.0 Å². The Morgan fingerprint density at radius 1 is 1.04 bits per heavy atom. The van der Waals surface area contributed by atoms with Gasteiger partial charge in [0.1, 0.15) is 0 Å². The van der Waals surface area contributed by atoms with Crippen LogP contribution in [0.2, 0.25) is 0 Å². The van der Waals surface area contributed by atoms with E-state index in [9.17, 15) is 18.0 Å². The molecule has 2 rings (SSSR count). The summed E-state index contributed by atoms with van der Waals surface area (Å²) in [5, 5.41) is 8.97. The van der Waals surface area contributed by atoms with Gasteiger partial charge in [-0.25, -0.2) is 4.79 Å². The van der Waals surface area contributed by atoms with E-state index in [0.29, 0.717) is 25.9 Å². The number of carboxylic acids is 1. The predicted molar refractivity (Wildman–Crippen MR) is 81.0 cm³/mol. The largest absolute Gasteiger partial charge is 0.481 e. The fourth-order valence-corrected chi connectivity index (χ4v) is 4.44. The van der Waals surface area contributed by atoms with Crippen molar-refractivity contribution < 1.29 is 27.9 Å². The topological polar surface area (TPSA) is 107 Å². The van der Waals surface area contributed by atoms with Crippen LogP contribution in [0.15, 0.2) is 0 Å². The number of nitrogens with zero attached hydrogens (tertiary/aromatic N) is 3. The lowest BCUT2D eigenvalue weighted by Gasteiger charge is -2.38. The summed E-state index contributed by atoms with van der Waals surface area (Å²) in [6.07, 6.45) is 0.237. The molecule has 23 heavy (non-hydrogen) atoms. The molecule has 10 heteroatoms. The molecule has 0 spiro atoms. The van der Waals surface area contributed by atoms with Gasteiger partial charge in [0, 0.05) is 39.3 Å². The first kappa shape index (κ1) is 18.0. The summed E-state index contributed by atoms with van der Waals surface area (Å²) in [6, 6.07) is 0. The molecule has 0 aliphatic carbocycles. The summed E-state index contributed by atoms with van der Waals surface area (Å²) in [5.41, 5.74) is 0. The van der Waals surface area contributed by atoms with Crippen molar-refractivity contribution >= 4 is 22.3 Å². The van der Waals surface area contributed by atoms with Crippen molar-refractivity contribution in [3.05, 3.63) is 0 Å². The van der Waals surface area contributed by atoms with Gasteiger partial charge in [0.05, 0.1) is 12.5 Å². The molecule has 1 amide bonds. The molecule has 0 aromatic heterocycles. The van der Waals surface area contributed by atoms with Crippen LogP contribution in [-0.2, 0) is 19.7 Å². The van der Waals surface area contributed by atoms with Crippen molar-refractivity contribution in [2.75, 3.05) is 45.9 Å². The van der Waals surface area contributed by atoms with Gasteiger partial charge in [-0.3, -0.25) is 4.79 Å². The summed E-state index contributed by atoms with van der Waals surface area (Å²) < 4.78 is 32.8. The fraction of sp³-hybridized carbons (Fsp3) is 0.846. The molecule has 1 N–H and O–H groups in total. The Morgan fingerprint density at radius 2 is 1.57 bits per heavy atom. The normalized spacial score (nSPS) is 22.0. The molecule has 0 aromatic rings. The number of piperazine rings is 1. The zero-order valence-electron chi connectivity index (χ0n) is 13.2. The lowest BCUT2D eigenvalue weighted by Crippen LogP contribution is -2.55. The fourth-order valence-electron chi connectivity index (χ4n) is 2.81. The Kier molecular flexibility index (Phi) is 5.82. The summed E-state index contributed by atoms with van der Waals surface area (Å²) >= 11 is 0. The highest BCUT2D eigenvalue weighted by atomic mass is 32.2. The van der Waals surface area contributed by atoms with E-state index in [0.717, 1.165) is 0 Å². The molecule has 9 nitrogen and oxygen atoms in total. The monoisotopic (exact) mass is 349 g/mol. The SMILES string of the molecule is CCOC(=O)N1CCN(S(=O)(=O)N2CCC(C(=O)O)CC2)CC1. The predicted octanol–water partition coefficient (Wildman–Crippen LogP) is -0.198. The Hall–Kier alpha value is -1.39. The van der Waals surface area contributed by atoms with E-state index in [2.05, 4.69) is 0 Å². The maximum atomic E-state index is 12.6. The number of hydrogen-bond donors (Lipinski definition) is 1. The number of carbonyl (C=O) groups excluding carboxylic acids is 1. The Labute approximate surface area is 136 Å². The van der Waals surface area contributed by atoms with Gasteiger partial charge in [-0.05, 0) is 19.8 Å². The van der Waals surface area contributed by atoms with Gasteiger partial charge < -0.3 is 14.7 Å². The summed E-state index contributed by atoms with van der Waals surface area (Å²) in [6.45, 7) is 3.48. The number of amides is 1. The first-order chi connectivity index (χ1) is 10.9. The number of aliphatic carboxylic acids is 1. The van der Waals surface area contributed by atoms with Crippen LogP contribution in [0.5, 0.6) is 0 Å². The highest BCUT2D eigenvalue weighted by Gasteiger charge is 2.36. The van der Waals surface area contributed by atoms with E-state index < -0.39 is 28.2 Å². The minimum Gasteiger partial charge on any atom is -0.481 e. The number of rotatable bonds is 4. The zero-order valence-corrected chi connectivity index (χ0v) is 14.0. The van der Waals surface area contributed by atoms with Crippen molar-refractivity contribution in [2.45, 2.75) is 19.8 Å². The van der Waals surface area contributed by atoms with Crippen molar-refractivity contribution in [2.24, 2.45) is 5.92 Å². The second kappa shape index (κ2) is 7.45. The molecular formula is C13H23N3O6S. The molecular weight excluding hydrogens is 326 g/mol. The van der Waals surface area contributed by atoms with E-state index in [1.165, 1.54) is 13.5 Å². The quantitative estimate of drug-likeness (QED) is 0.753. The molecule has 0 saturated carbocycles. The molecule has 132 valence electrons. The first-order valence-corrected chi connectivity index (χ1v) is 9.15. The average molecular weight is 349 g/mol. The van der Waals surface area contributed by atoms with Gasteiger partial charge >= 0.3 is 12.1 Å². The Morgan fingerprint density at radius 3 is 2.04 bits per heavy atom. The smallest absolute Gasteiger partial charge is 0.409 e. The van der Waals surface area contributed by atoms with Gasteiger partial charge in [-0.1, -0.05) is 0 Å². The zero-order chi connectivity index (χ0) is 17.0. The molecule has 2 aliphatic rings. The van der Waals surface area contributed by atoms with E-state index in [4.69, 9.17) is 9.84 Å². The van der Waals surface area contributed by atoms with E-state index in [-0.39, 0.29) is 32.8 Å². The second-order valence-corrected chi connectivity index (χ2v) is 7.53. The van der Waals surface area contributed by atoms with Crippen LogP contribution in [0.3, 0.4) is 0 Å². The van der Waals surface area contributed by atoms with Gasteiger partial charge in [-0.15, -0.1) is 0 Å². The van der Waals surface area contributed by atoms with Crippen LogP contribution in [0.25, 0.3) is 0 Å². The lowest BCUT2D eigenvalue weighted by molar-refractivity contribution is -0.142. The van der Waals surface area contributed by atoms with Crippen LogP contribution in [0.1, 0.15) is 19.8 Å². The van der Waals surface area contributed by atoms with E-state index >= 15 is 0 Å². The number of ether oxygens (including phenoxy) is 1. The van der Waals surface area contributed by atoms with Crippen LogP contribution >= 0.6 is 0 Å². The maximum Gasteiger partial charge on any atom is 0.409 e. The third-order valence-corrected chi connectivity index (χ3v) is 6.26. The number of hydrogen-bond acceptors (Lipinski definition) is 5. The summed E-state index contributed by atoms with van der Waals surface area (Å²) in [4.78, 5) is 24.1. The molecule has 2 heterocycles. The minimum atomic E-state index is -3.60. The number of carbonyl (C=O) groups is 2. The Bertz CT molecular complexity index is 536. The van der Waals surface area contributed by atoms with Crippen molar-refractivity contribution in [1.29, 1.82) is 0 Å². The molecule has 0 unspecified atom stereocenters. The van der Waals surface area contributed by atoms with Crippen molar-refractivity contribution in [3.8, 4) is 0 Å². The number of piperidine rings is 1. The molecule has 2 aliphatic heterocycles. The van der Waals surface area contributed by atoms with Gasteiger partial charge in [0.25, 0.3) is 10.2 Å². The maximum absolute atomic E-state index is 12.6. The molecule has 2 fully saturated rings. The van der Waals surface area contributed by atoms with Crippen LogP contribution < -0.4 is 0 Å². The van der Waals surface area contributed by atoms with Gasteiger partial charge in [0.15, 0.2) is 0 Å². The van der Waals surface area contributed by atoms with Crippen LogP contribution in [0.4, 0.5) is 4.79 Å². The molecule has 0 bridgehead atoms. The molecule has 2 saturated heterocycles. The number of carboxylic acid groups (broad SMARTS) is 1. The summed E-state index contributed by atoms with van der Waals surface area (Å²) in [5.74, 6) is -1.34. The van der Waals surface area contributed by atoms with E-state index in [1.807, 2.05) is 0 Å². The average Bonchev–Trinajstić information content (AvgIpc) is 2.55. The first-order valence-electron chi connectivity index (χ1n) is 7.76. The third kappa shape index (κ3) is 4.12. The van der Waals surface area contributed by atoms with Crippen LogP contribution in [-0.4, -0.2) is 85.0 Å². The summed E-state index contributed by atoms with van der Waals surface area (Å²) in [7, 11) is -3.60. The second-order valence-electron chi connectivity index (χ2n) is 5.60. The minimum absolute atomic E-state index is 0.220. The van der Waals surface area contributed by atoms with Gasteiger partial charge in [0.2, 0.25) is 0 Å². The van der Waals surface area contributed by atoms with Crippen molar-refractivity contribution in [3.63, 3.8) is 0 Å². The highest BCUT2D eigenvalue weighted by molar-refractivity contribution is 7.86. The third-order valence-electron chi connectivity index (χ3n) is 4.22. The van der Waals surface area contributed by atoms with Crippen LogP contribution in [0, 0.1) is 5.92 Å². The molecule has 0 atom stereocenters. The standard InChI is InChI=1S/C13H23N3O6S/c1-2-22-13(19)14-7-9-16(10-8-14)23(20,21)15-5-3-11(4-6-15)12(17)18/h11H,2-10H2,1H3,(H,17,18). The highest BCUT2D eigenvalue weighted by Crippen LogP contribution is 2.22. The molecule has 0 radical (unpaired) electrons. The Balaban J connectivity index is 1.90.